The van der Waals surface area contributed by atoms with Gasteiger partial charge in [-0.25, -0.2) is 0 Å². The number of anilines is 1. The fourth-order valence-corrected chi connectivity index (χ4v) is 3.95. The van der Waals surface area contributed by atoms with Gasteiger partial charge in [-0.15, -0.1) is 10.2 Å². The molecule has 0 bridgehead atoms. The lowest BCUT2D eigenvalue weighted by Gasteiger charge is -2.14. The first-order valence-electron chi connectivity index (χ1n) is 9.71. The van der Waals surface area contributed by atoms with E-state index in [0.29, 0.717) is 23.4 Å². The summed E-state index contributed by atoms with van der Waals surface area (Å²) in [5.41, 5.74) is 0.105. The van der Waals surface area contributed by atoms with Crippen LogP contribution in [0.1, 0.15) is 37.3 Å². The number of aromatic nitrogens is 3. The number of non-ortho nitro benzene ring substituents is 1. The zero-order valence-corrected chi connectivity index (χ0v) is 17.8. The Morgan fingerprint density at radius 1 is 1.42 bits per heavy atom. The highest BCUT2D eigenvalue weighted by atomic mass is 32.2. The second kappa shape index (κ2) is 8.80. The minimum absolute atomic E-state index is 0.135. The molecule has 0 radical (unpaired) electrons. The molecule has 1 fully saturated rings. The van der Waals surface area contributed by atoms with Gasteiger partial charge in [0.2, 0.25) is 5.91 Å². The summed E-state index contributed by atoms with van der Waals surface area (Å²) in [6, 6.07) is 7.76. The summed E-state index contributed by atoms with van der Waals surface area (Å²) in [6.07, 6.45) is 3.76. The van der Waals surface area contributed by atoms with E-state index in [9.17, 15) is 14.9 Å². The molecular formula is C20H21N5O5S. The number of hydrogen-bond acceptors (Lipinski definition) is 8. The zero-order valence-electron chi connectivity index (χ0n) is 17.0. The summed E-state index contributed by atoms with van der Waals surface area (Å²) in [5, 5.41) is 22.5. The molecule has 1 N–H and O–H groups in total. The Morgan fingerprint density at radius 3 is 2.87 bits per heavy atom. The summed E-state index contributed by atoms with van der Waals surface area (Å²) >= 11 is 1.27. The third-order valence-electron chi connectivity index (χ3n) is 4.89. The molecule has 1 aromatic carbocycles. The van der Waals surface area contributed by atoms with E-state index in [4.69, 9.17) is 9.15 Å². The lowest BCUT2D eigenvalue weighted by atomic mass is 10.2. The number of benzene rings is 1. The van der Waals surface area contributed by atoms with Crippen molar-refractivity contribution in [3.8, 4) is 5.75 Å². The molecule has 1 amide bonds. The maximum absolute atomic E-state index is 12.8. The van der Waals surface area contributed by atoms with Crippen molar-refractivity contribution in [1.82, 2.24) is 14.8 Å². The van der Waals surface area contributed by atoms with Crippen LogP contribution in [0.25, 0.3) is 0 Å². The first kappa shape index (κ1) is 20.9. The van der Waals surface area contributed by atoms with Gasteiger partial charge >= 0.3 is 0 Å². The zero-order chi connectivity index (χ0) is 22.0. The lowest BCUT2D eigenvalue weighted by molar-refractivity contribution is -0.384. The number of hydrogen-bond donors (Lipinski definition) is 1. The number of nitro groups is 1. The van der Waals surface area contributed by atoms with Gasteiger partial charge in [0.05, 0.1) is 35.8 Å². The third-order valence-corrected chi connectivity index (χ3v) is 5.97. The van der Waals surface area contributed by atoms with Crippen molar-refractivity contribution in [2.45, 2.75) is 42.6 Å². The predicted octanol–water partition coefficient (Wildman–Crippen LogP) is 3.83. The third kappa shape index (κ3) is 4.71. The van der Waals surface area contributed by atoms with Crippen LogP contribution < -0.4 is 10.1 Å². The Morgan fingerprint density at radius 2 is 2.23 bits per heavy atom. The topological polar surface area (TPSA) is 125 Å². The van der Waals surface area contributed by atoms with Crippen molar-refractivity contribution >= 4 is 29.0 Å². The minimum Gasteiger partial charge on any atom is -0.495 e. The predicted molar refractivity (Wildman–Crippen MR) is 113 cm³/mol. The number of carbonyl (C=O) groups is 1. The number of carbonyl (C=O) groups excluding carboxylic acids is 1. The monoisotopic (exact) mass is 443 g/mol. The van der Waals surface area contributed by atoms with Gasteiger partial charge in [0.15, 0.2) is 5.16 Å². The summed E-state index contributed by atoms with van der Waals surface area (Å²) < 4.78 is 12.7. The Balaban J connectivity index is 1.51. The van der Waals surface area contributed by atoms with E-state index in [0.717, 1.165) is 24.4 Å². The second-order valence-electron chi connectivity index (χ2n) is 7.17. The highest BCUT2D eigenvalue weighted by Crippen LogP contribution is 2.40. The van der Waals surface area contributed by atoms with Crippen LogP contribution in [-0.4, -0.2) is 38.0 Å². The number of nitrogens with zero attached hydrogens (tertiary/aromatic N) is 4. The molecule has 0 saturated heterocycles. The number of rotatable bonds is 9. The molecule has 0 spiro atoms. The number of thioether (sulfide) groups is 1. The molecule has 0 aliphatic heterocycles. The summed E-state index contributed by atoms with van der Waals surface area (Å²) in [4.78, 5) is 23.4. The molecule has 11 heteroatoms. The molecule has 4 rings (SSSR count). The highest BCUT2D eigenvalue weighted by molar-refractivity contribution is 8.00. The van der Waals surface area contributed by atoms with Crippen LogP contribution in [-0.2, 0) is 11.3 Å². The van der Waals surface area contributed by atoms with Crippen LogP contribution >= 0.6 is 11.8 Å². The number of ether oxygens (including phenoxy) is 1. The quantitative estimate of drug-likeness (QED) is 0.300. The van der Waals surface area contributed by atoms with Crippen LogP contribution in [0.15, 0.2) is 46.2 Å². The number of furan rings is 1. The van der Waals surface area contributed by atoms with Crippen molar-refractivity contribution in [2.24, 2.45) is 0 Å². The van der Waals surface area contributed by atoms with Crippen LogP contribution in [0.5, 0.6) is 5.75 Å². The van der Waals surface area contributed by atoms with E-state index in [-0.39, 0.29) is 17.3 Å². The molecular weight excluding hydrogens is 422 g/mol. The summed E-state index contributed by atoms with van der Waals surface area (Å²) in [5.74, 6) is 2.07. The number of methoxy groups -OCH3 is 1. The number of nitrogens with one attached hydrogen (secondary N) is 1. The molecule has 1 unspecified atom stereocenters. The van der Waals surface area contributed by atoms with Crippen molar-refractivity contribution in [3.63, 3.8) is 0 Å². The Labute approximate surface area is 182 Å². The highest BCUT2D eigenvalue weighted by Gasteiger charge is 2.31. The molecule has 10 nitrogen and oxygen atoms in total. The van der Waals surface area contributed by atoms with Gasteiger partial charge in [0.1, 0.15) is 17.3 Å². The van der Waals surface area contributed by atoms with Crippen LogP contribution in [0.2, 0.25) is 0 Å². The van der Waals surface area contributed by atoms with E-state index >= 15 is 0 Å². The van der Waals surface area contributed by atoms with Gasteiger partial charge in [0.25, 0.3) is 5.69 Å². The standard InChI is InChI=1S/C20H21N5O5S/c1-12(19(26)21-16-10-14(25(27)28)7-8-17(16)29-2)31-20-23-22-18(13-5-6-13)24(20)11-15-4-3-9-30-15/h3-4,7-10,12-13H,5-6,11H2,1-2H3,(H,21,26). The van der Waals surface area contributed by atoms with Crippen molar-refractivity contribution in [1.29, 1.82) is 0 Å². The average Bonchev–Trinajstić information content (AvgIpc) is 3.33. The maximum atomic E-state index is 12.8. The molecule has 2 heterocycles. The van der Waals surface area contributed by atoms with Gasteiger partial charge in [-0.2, -0.15) is 0 Å². The van der Waals surface area contributed by atoms with Gasteiger partial charge in [-0.3, -0.25) is 19.5 Å². The van der Waals surface area contributed by atoms with Crippen molar-refractivity contribution in [2.75, 3.05) is 12.4 Å². The Hall–Kier alpha value is -3.34. The molecule has 2 aromatic heterocycles. The van der Waals surface area contributed by atoms with Crippen molar-refractivity contribution < 1.29 is 18.9 Å². The van der Waals surface area contributed by atoms with Gasteiger partial charge in [-0.05, 0) is 38.0 Å². The minimum atomic E-state index is -0.532. The van der Waals surface area contributed by atoms with E-state index in [1.807, 2.05) is 16.7 Å². The first-order chi connectivity index (χ1) is 15.0. The largest absolute Gasteiger partial charge is 0.495 e. The lowest BCUT2D eigenvalue weighted by Crippen LogP contribution is -2.23. The second-order valence-corrected chi connectivity index (χ2v) is 8.48. The molecule has 1 atom stereocenters. The Bertz CT molecular complexity index is 1090. The first-order valence-corrected chi connectivity index (χ1v) is 10.6. The smallest absolute Gasteiger partial charge is 0.271 e. The van der Waals surface area contributed by atoms with E-state index < -0.39 is 10.2 Å². The van der Waals surface area contributed by atoms with Crippen LogP contribution in [0.4, 0.5) is 11.4 Å². The molecule has 31 heavy (non-hydrogen) atoms. The van der Waals surface area contributed by atoms with E-state index in [1.54, 1.807) is 13.2 Å². The maximum Gasteiger partial charge on any atom is 0.271 e. The summed E-state index contributed by atoms with van der Waals surface area (Å²) in [6.45, 7) is 2.23. The average molecular weight is 443 g/mol. The van der Waals surface area contributed by atoms with E-state index in [2.05, 4.69) is 15.5 Å². The Kier molecular flexibility index (Phi) is 5.94. The van der Waals surface area contributed by atoms with E-state index in [1.165, 1.54) is 37.1 Å². The van der Waals surface area contributed by atoms with Crippen LogP contribution in [0, 0.1) is 10.1 Å². The van der Waals surface area contributed by atoms with Gasteiger partial charge in [0, 0.05) is 18.1 Å². The number of amides is 1. The molecule has 1 aliphatic rings. The van der Waals surface area contributed by atoms with Gasteiger partial charge in [-0.1, -0.05) is 11.8 Å². The molecule has 162 valence electrons. The fourth-order valence-electron chi connectivity index (χ4n) is 3.09. The fraction of sp³-hybridized carbons (Fsp3) is 0.350. The number of nitro benzene ring substituents is 1. The molecule has 1 aliphatic carbocycles. The molecule has 3 aromatic rings. The van der Waals surface area contributed by atoms with Gasteiger partial charge < -0.3 is 14.5 Å². The SMILES string of the molecule is COc1ccc([N+](=O)[O-])cc1NC(=O)C(C)Sc1nnc(C2CC2)n1Cc1ccco1. The van der Waals surface area contributed by atoms with Crippen LogP contribution in [0.3, 0.4) is 0 Å². The summed E-state index contributed by atoms with van der Waals surface area (Å²) in [7, 11) is 1.44. The van der Waals surface area contributed by atoms with Crippen molar-refractivity contribution in [3.05, 3.63) is 58.3 Å². The normalized spacial score (nSPS) is 14.3. The molecule has 1 saturated carbocycles.